The first-order valence-electron chi connectivity index (χ1n) is 4.39. The molecule has 6 nitrogen and oxygen atoms in total. The molecule has 2 aliphatic heterocycles. The number of cyclic esters (lactones) is 2. The number of ether oxygens (including phenoxy) is 1. The Hall–Kier alpha value is -1.98. The van der Waals surface area contributed by atoms with Gasteiger partial charge in [-0.2, -0.15) is 0 Å². The summed E-state index contributed by atoms with van der Waals surface area (Å²) in [6.07, 6.45) is 2.35. The molecule has 0 saturated carbocycles. The molecule has 0 unspecified atom stereocenters. The highest BCUT2D eigenvalue weighted by atomic mass is 16.6. The molecule has 0 aromatic rings. The average Bonchev–Trinajstić information content (AvgIpc) is 2.48. The van der Waals surface area contributed by atoms with E-state index in [4.69, 9.17) is 0 Å². The van der Waals surface area contributed by atoms with Gasteiger partial charge in [0.05, 0.1) is 0 Å². The smallest absolute Gasteiger partial charge is 0.337 e. The maximum Gasteiger partial charge on any atom is 0.337 e. The van der Waals surface area contributed by atoms with Crippen molar-refractivity contribution in [3.63, 3.8) is 0 Å². The van der Waals surface area contributed by atoms with Gasteiger partial charge in [0.1, 0.15) is 6.04 Å². The van der Waals surface area contributed by atoms with Crippen LogP contribution < -0.4 is 0 Å². The summed E-state index contributed by atoms with van der Waals surface area (Å²) in [5.41, 5.74) is 0. The summed E-state index contributed by atoms with van der Waals surface area (Å²) in [4.78, 5) is 45.3. The first kappa shape index (κ1) is 9.57. The quantitative estimate of drug-likeness (QED) is 0.319. The summed E-state index contributed by atoms with van der Waals surface area (Å²) in [5.74, 6) is -2.55. The lowest BCUT2D eigenvalue weighted by molar-refractivity contribution is -0.171. The highest BCUT2D eigenvalue weighted by molar-refractivity contribution is 6.15. The zero-order valence-corrected chi connectivity index (χ0v) is 7.63. The van der Waals surface area contributed by atoms with Gasteiger partial charge in [0.15, 0.2) is 0 Å². The van der Waals surface area contributed by atoms with Gasteiger partial charge in [0.2, 0.25) is 0 Å². The first-order chi connectivity index (χ1) is 7.09. The van der Waals surface area contributed by atoms with Gasteiger partial charge in [0.25, 0.3) is 11.8 Å². The van der Waals surface area contributed by atoms with Gasteiger partial charge in [-0.05, 0) is 6.42 Å². The van der Waals surface area contributed by atoms with E-state index in [0.717, 1.165) is 17.1 Å². The number of rotatable bonds is 1. The largest absolute Gasteiger partial charge is 0.392 e. The second kappa shape index (κ2) is 3.30. The summed E-state index contributed by atoms with van der Waals surface area (Å²) in [6.45, 7) is 0. The van der Waals surface area contributed by atoms with Crippen LogP contribution >= 0.6 is 0 Å². The zero-order valence-electron chi connectivity index (χ0n) is 7.63. The molecule has 1 saturated heterocycles. The SMILES string of the molecule is O=C1CC[C@H](N2C(=O)C=CC2=O)C(=O)O1. The van der Waals surface area contributed by atoms with E-state index in [1.54, 1.807) is 0 Å². The van der Waals surface area contributed by atoms with E-state index in [1.807, 2.05) is 0 Å². The molecule has 0 bridgehead atoms. The lowest BCUT2D eigenvalue weighted by Crippen LogP contribution is -2.48. The van der Waals surface area contributed by atoms with Gasteiger partial charge in [-0.3, -0.25) is 19.3 Å². The molecule has 0 radical (unpaired) electrons. The van der Waals surface area contributed by atoms with Crippen molar-refractivity contribution in [3.05, 3.63) is 12.2 Å². The van der Waals surface area contributed by atoms with Crippen molar-refractivity contribution in [1.29, 1.82) is 0 Å². The number of esters is 2. The van der Waals surface area contributed by atoms with Crippen LogP contribution in [0.1, 0.15) is 12.8 Å². The summed E-state index contributed by atoms with van der Waals surface area (Å²) >= 11 is 0. The van der Waals surface area contributed by atoms with E-state index in [2.05, 4.69) is 4.74 Å². The fourth-order valence-electron chi connectivity index (χ4n) is 1.56. The Morgan fingerprint density at radius 3 is 2.27 bits per heavy atom. The Kier molecular flexibility index (Phi) is 2.11. The van der Waals surface area contributed by atoms with Crippen LogP contribution in [0.25, 0.3) is 0 Å². The van der Waals surface area contributed by atoms with E-state index in [9.17, 15) is 19.2 Å². The van der Waals surface area contributed by atoms with E-state index in [1.165, 1.54) is 0 Å². The second-order valence-electron chi connectivity index (χ2n) is 3.23. The van der Waals surface area contributed by atoms with Crippen molar-refractivity contribution in [3.8, 4) is 0 Å². The standard InChI is InChI=1S/C9H7NO5/c11-6-2-3-7(12)10(6)5-1-4-8(13)15-9(5)14/h2-3,5H,1,4H2/t5-/m0/s1. The average molecular weight is 209 g/mol. The van der Waals surface area contributed by atoms with Gasteiger partial charge in [0, 0.05) is 18.6 Å². The summed E-state index contributed by atoms with van der Waals surface area (Å²) in [6, 6.07) is -0.960. The van der Waals surface area contributed by atoms with Crippen LogP contribution in [0.2, 0.25) is 0 Å². The third-order valence-electron chi connectivity index (χ3n) is 2.26. The fraction of sp³-hybridized carbons (Fsp3) is 0.333. The number of carbonyl (C=O) groups excluding carboxylic acids is 4. The lowest BCUT2D eigenvalue weighted by Gasteiger charge is -2.26. The number of carbonyl (C=O) groups is 4. The van der Waals surface area contributed by atoms with E-state index < -0.39 is 29.8 Å². The molecule has 0 aromatic carbocycles. The minimum absolute atomic E-state index is 0.0352. The Morgan fingerprint density at radius 2 is 1.73 bits per heavy atom. The van der Waals surface area contributed by atoms with Gasteiger partial charge in [-0.25, -0.2) is 4.79 Å². The monoisotopic (exact) mass is 209 g/mol. The van der Waals surface area contributed by atoms with Crippen LogP contribution in [0.4, 0.5) is 0 Å². The topological polar surface area (TPSA) is 80.8 Å². The number of amides is 2. The fourth-order valence-corrected chi connectivity index (χ4v) is 1.56. The van der Waals surface area contributed by atoms with Crippen LogP contribution in [-0.4, -0.2) is 34.7 Å². The third-order valence-corrected chi connectivity index (χ3v) is 2.26. The Labute approximate surface area is 84.5 Å². The predicted molar refractivity (Wildman–Crippen MR) is 45.1 cm³/mol. The van der Waals surface area contributed by atoms with Crippen molar-refractivity contribution in [2.75, 3.05) is 0 Å². The summed E-state index contributed by atoms with van der Waals surface area (Å²) in [5, 5.41) is 0. The highest BCUT2D eigenvalue weighted by Gasteiger charge is 2.40. The van der Waals surface area contributed by atoms with Crippen molar-refractivity contribution in [2.24, 2.45) is 0 Å². The molecule has 1 atom stereocenters. The number of imide groups is 1. The number of nitrogens with zero attached hydrogens (tertiary/aromatic N) is 1. The van der Waals surface area contributed by atoms with Crippen molar-refractivity contribution in [1.82, 2.24) is 4.90 Å². The van der Waals surface area contributed by atoms with Gasteiger partial charge < -0.3 is 4.74 Å². The van der Waals surface area contributed by atoms with Crippen LogP contribution in [0.15, 0.2) is 12.2 Å². The van der Waals surface area contributed by atoms with Crippen LogP contribution in [0.3, 0.4) is 0 Å². The maximum atomic E-state index is 11.3. The Morgan fingerprint density at radius 1 is 1.13 bits per heavy atom. The Bertz CT molecular complexity index is 379. The highest BCUT2D eigenvalue weighted by Crippen LogP contribution is 2.19. The molecule has 0 aliphatic carbocycles. The van der Waals surface area contributed by atoms with Gasteiger partial charge in [-0.1, -0.05) is 0 Å². The minimum atomic E-state index is -0.960. The third kappa shape index (κ3) is 1.54. The molecular weight excluding hydrogens is 202 g/mol. The van der Waals surface area contributed by atoms with Crippen molar-refractivity contribution in [2.45, 2.75) is 18.9 Å². The molecule has 2 heterocycles. The molecule has 0 spiro atoms. The first-order valence-corrected chi connectivity index (χ1v) is 4.39. The van der Waals surface area contributed by atoms with Crippen LogP contribution in [-0.2, 0) is 23.9 Å². The Balaban J connectivity index is 2.18. The molecule has 6 heteroatoms. The van der Waals surface area contributed by atoms with E-state index >= 15 is 0 Å². The van der Waals surface area contributed by atoms with Crippen LogP contribution in [0, 0.1) is 0 Å². The second-order valence-corrected chi connectivity index (χ2v) is 3.23. The van der Waals surface area contributed by atoms with Gasteiger partial charge >= 0.3 is 11.9 Å². The number of hydrogen-bond acceptors (Lipinski definition) is 5. The minimum Gasteiger partial charge on any atom is -0.392 e. The lowest BCUT2D eigenvalue weighted by atomic mass is 10.1. The molecule has 0 N–H and O–H groups in total. The molecule has 0 aromatic heterocycles. The summed E-state index contributed by atoms with van der Waals surface area (Å²) in [7, 11) is 0. The number of hydrogen-bond donors (Lipinski definition) is 0. The predicted octanol–water partition coefficient (Wildman–Crippen LogP) is -0.856. The molecule has 1 fully saturated rings. The molecular formula is C9H7NO5. The zero-order chi connectivity index (χ0) is 11.0. The summed E-state index contributed by atoms with van der Waals surface area (Å²) < 4.78 is 4.36. The van der Waals surface area contributed by atoms with Crippen LogP contribution in [0.5, 0.6) is 0 Å². The van der Waals surface area contributed by atoms with Gasteiger partial charge in [-0.15, -0.1) is 0 Å². The van der Waals surface area contributed by atoms with Crippen molar-refractivity contribution >= 4 is 23.8 Å². The van der Waals surface area contributed by atoms with E-state index in [0.29, 0.717) is 0 Å². The maximum absolute atomic E-state index is 11.3. The molecule has 2 amide bonds. The molecule has 2 aliphatic rings. The molecule has 2 rings (SSSR count). The van der Waals surface area contributed by atoms with Crippen molar-refractivity contribution < 1.29 is 23.9 Å². The normalized spacial score (nSPS) is 26.1. The molecule has 78 valence electrons. The molecule has 15 heavy (non-hydrogen) atoms. The van der Waals surface area contributed by atoms with E-state index in [-0.39, 0.29) is 12.8 Å².